The summed E-state index contributed by atoms with van der Waals surface area (Å²) < 4.78 is 0. The zero-order valence-corrected chi connectivity index (χ0v) is 16.5. The van der Waals surface area contributed by atoms with Gasteiger partial charge in [-0.1, -0.05) is 45.4 Å². The predicted molar refractivity (Wildman–Crippen MR) is 99.4 cm³/mol. The predicted octanol–water partition coefficient (Wildman–Crippen LogP) is 2.85. The van der Waals surface area contributed by atoms with Crippen LogP contribution in [0.1, 0.15) is 54.4 Å². The van der Waals surface area contributed by atoms with E-state index in [0.717, 1.165) is 11.6 Å². The van der Waals surface area contributed by atoms with Crippen molar-refractivity contribution in [1.29, 1.82) is 0 Å². The molecule has 0 aromatic carbocycles. The fraction of sp³-hybridized carbons (Fsp3) is 0.619. The Balaban J connectivity index is 3.35. The van der Waals surface area contributed by atoms with Gasteiger partial charge < -0.3 is 5.11 Å². The minimum atomic E-state index is -2.47. The molecule has 1 N–H and O–H groups in total. The quantitative estimate of drug-likeness (QED) is 0.407. The van der Waals surface area contributed by atoms with Gasteiger partial charge in [0.25, 0.3) is 0 Å². The third-order valence-electron chi connectivity index (χ3n) is 4.47. The second-order valence-corrected chi connectivity index (χ2v) is 8.07. The first-order valence-electron chi connectivity index (χ1n) is 9.12. The maximum absolute atomic E-state index is 12.8. The van der Waals surface area contributed by atoms with E-state index in [-0.39, 0.29) is 24.7 Å². The summed E-state index contributed by atoms with van der Waals surface area (Å²) in [5.41, 5.74) is -1.57. The molecule has 5 nitrogen and oxygen atoms in total. The van der Waals surface area contributed by atoms with Gasteiger partial charge in [0, 0.05) is 6.42 Å². The molecule has 0 aromatic rings. The standard InChI is InChI=1S/C21H30O5/c1-12(2)7-9-15-19(24)18(16(22)11-14(5)6)20(25)21(15,26)17(23)10-8-13(3)4/h7-8,10,13-15,18,26H,9,11H2,1-6H3/b10-8+/t15-,18?,21+/m0/s1. The largest absolute Gasteiger partial charge is 0.374 e. The van der Waals surface area contributed by atoms with Crippen LogP contribution >= 0.6 is 0 Å². The van der Waals surface area contributed by atoms with E-state index < -0.39 is 40.6 Å². The minimum Gasteiger partial charge on any atom is -0.374 e. The number of ketones is 4. The lowest BCUT2D eigenvalue weighted by Crippen LogP contribution is -2.49. The topological polar surface area (TPSA) is 88.5 Å². The molecule has 5 heteroatoms. The number of carbonyl (C=O) groups excluding carboxylic acids is 4. The summed E-state index contributed by atoms with van der Waals surface area (Å²) in [6.45, 7) is 11.0. The van der Waals surface area contributed by atoms with Gasteiger partial charge in [-0.25, -0.2) is 0 Å². The Morgan fingerprint density at radius 3 is 2.19 bits per heavy atom. The summed E-state index contributed by atoms with van der Waals surface area (Å²) in [5, 5.41) is 11.0. The Bertz CT molecular complexity index is 649. The van der Waals surface area contributed by atoms with Crippen molar-refractivity contribution in [3.63, 3.8) is 0 Å². The first-order chi connectivity index (χ1) is 11.9. The lowest BCUT2D eigenvalue weighted by atomic mass is 9.82. The first-order valence-corrected chi connectivity index (χ1v) is 9.12. The van der Waals surface area contributed by atoms with E-state index in [9.17, 15) is 24.3 Å². The van der Waals surface area contributed by atoms with Crippen LogP contribution in [0, 0.1) is 23.7 Å². The molecule has 26 heavy (non-hydrogen) atoms. The fourth-order valence-electron chi connectivity index (χ4n) is 3.09. The summed E-state index contributed by atoms with van der Waals surface area (Å²) in [6.07, 6.45) is 4.54. The Hall–Kier alpha value is -1.88. The Labute approximate surface area is 155 Å². The molecule has 0 aliphatic heterocycles. The number of carbonyl (C=O) groups is 4. The van der Waals surface area contributed by atoms with Gasteiger partial charge in [-0.2, -0.15) is 0 Å². The van der Waals surface area contributed by atoms with Gasteiger partial charge in [-0.3, -0.25) is 19.2 Å². The minimum absolute atomic E-state index is 0.0236. The van der Waals surface area contributed by atoms with Gasteiger partial charge in [0.05, 0.1) is 5.92 Å². The van der Waals surface area contributed by atoms with Gasteiger partial charge >= 0.3 is 0 Å². The highest BCUT2D eigenvalue weighted by Gasteiger charge is 2.63. The number of hydrogen-bond acceptors (Lipinski definition) is 5. The van der Waals surface area contributed by atoms with E-state index in [0.29, 0.717) is 0 Å². The van der Waals surface area contributed by atoms with Crippen LogP contribution in [0.15, 0.2) is 23.8 Å². The van der Waals surface area contributed by atoms with Crippen LogP contribution in [0.25, 0.3) is 0 Å². The molecule has 1 aliphatic carbocycles. The normalized spacial score (nSPS) is 26.2. The van der Waals surface area contributed by atoms with Crippen LogP contribution in [-0.2, 0) is 19.2 Å². The number of rotatable bonds is 8. The van der Waals surface area contributed by atoms with Gasteiger partial charge in [0.15, 0.2) is 28.7 Å². The van der Waals surface area contributed by atoms with Crippen LogP contribution in [-0.4, -0.2) is 33.8 Å². The molecule has 1 aliphatic rings. The van der Waals surface area contributed by atoms with Crippen LogP contribution in [0.3, 0.4) is 0 Å². The van der Waals surface area contributed by atoms with Crippen LogP contribution in [0.5, 0.6) is 0 Å². The number of aliphatic hydroxyl groups is 1. The van der Waals surface area contributed by atoms with Gasteiger partial charge in [0.1, 0.15) is 5.92 Å². The van der Waals surface area contributed by atoms with Crippen molar-refractivity contribution in [2.75, 3.05) is 0 Å². The highest BCUT2D eigenvalue weighted by atomic mass is 16.3. The average molecular weight is 362 g/mol. The maximum atomic E-state index is 12.8. The third-order valence-corrected chi connectivity index (χ3v) is 4.47. The van der Waals surface area contributed by atoms with E-state index in [1.54, 1.807) is 12.2 Å². The van der Waals surface area contributed by atoms with Crippen molar-refractivity contribution in [3.8, 4) is 0 Å². The molecule has 1 unspecified atom stereocenters. The van der Waals surface area contributed by atoms with E-state index in [1.807, 2.05) is 41.5 Å². The van der Waals surface area contributed by atoms with Crippen LogP contribution < -0.4 is 0 Å². The van der Waals surface area contributed by atoms with Gasteiger partial charge in [-0.05, 0) is 38.2 Å². The summed E-state index contributed by atoms with van der Waals surface area (Å²) in [5.74, 6) is -5.71. The molecule has 0 spiro atoms. The first kappa shape index (κ1) is 22.2. The van der Waals surface area contributed by atoms with Crippen molar-refractivity contribution in [2.24, 2.45) is 23.7 Å². The molecule has 0 amide bonds. The highest BCUT2D eigenvalue weighted by Crippen LogP contribution is 2.39. The summed E-state index contributed by atoms with van der Waals surface area (Å²) >= 11 is 0. The molecule has 0 bridgehead atoms. The molecule has 0 heterocycles. The van der Waals surface area contributed by atoms with Crippen molar-refractivity contribution < 1.29 is 24.3 Å². The van der Waals surface area contributed by atoms with Crippen LogP contribution in [0.4, 0.5) is 0 Å². The van der Waals surface area contributed by atoms with E-state index in [2.05, 4.69) is 0 Å². The zero-order valence-electron chi connectivity index (χ0n) is 16.5. The van der Waals surface area contributed by atoms with Gasteiger partial charge in [0.2, 0.25) is 0 Å². The van der Waals surface area contributed by atoms with E-state index >= 15 is 0 Å². The second kappa shape index (κ2) is 8.67. The summed E-state index contributed by atoms with van der Waals surface area (Å²) in [7, 11) is 0. The van der Waals surface area contributed by atoms with Gasteiger partial charge in [-0.15, -0.1) is 0 Å². The number of hydrogen-bond donors (Lipinski definition) is 1. The molecular formula is C21H30O5. The number of Topliss-reactive ketones (excluding diaryl/α,β-unsaturated/α-hetero) is 3. The zero-order chi connectivity index (χ0) is 20.2. The molecule has 3 atom stereocenters. The van der Waals surface area contributed by atoms with E-state index in [4.69, 9.17) is 0 Å². The lowest BCUT2D eigenvalue weighted by molar-refractivity contribution is -0.151. The molecule has 0 aromatic heterocycles. The molecule has 0 saturated heterocycles. The third kappa shape index (κ3) is 4.64. The molecule has 144 valence electrons. The highest BCUT2D eigenvalue weighted by molar-refractivity contribution is 6.34. The van der Waals surface area contributed by atoms with Crippen LogP contribution in [0.2, 0.25) is 0 Å². The van der Waals surface area contributed by atoms with E-state index in [1.165, 1.54) is 0 Å². The number of allylic oxidation sites excluding steroid dienone is 3. The van der Waals surface area contributed by atoms with Crippen molar-refractivity contribution in [1.82, 2.24) is 0 Å². The molecule has 1 saturated carbocycles. The second-order valence-electron chi connectivity index (χ2n) is 8.07. The molecular weight excluding hydrogens is 332 g/mol. The molecule has 1 fully saturated rings. The summed E-state index contributed by atoms with van der Waals surface area (Å²) in [6, 6.07) is 0. The Kier molecular flexibility index (Phi) is 7.39. The lowest BCUT2D eigenvalue weighted by Gasteiger charge is -2.24. The monoisotopic (exact) mass is 362 g/mol. The van der Waals surface area contributed by atoms with Crippen molar-refractivity contribution in [3.05, 3.63) is 23.8 Å². The molecule has 1 rings (SSSR count). The average Bonchev–Trinajstić information content (AvgIpc) is 2.69. The fourth-order valence-corrected chi connectivity index (χ4v) is 3.09. The SMILES string of the molecule is CC(C)=CC[C@H]1C(=O)C(C(=O)CC(C)C)C(=O)[C@]1(O)C(=O)/C=C/C(C)C. The Morgan fingerprint density at radius 2 is 1.73 bits per heavy atom. The van der Waals surface area contributed by atoms with Crippen molar-refractivity contribution >= 4 is 23.1 Å². The Morgan fingerprint density at radius 1 is 1.15 bits per heavy atom. The van der Waals surface area contributed by atoms with Crippen molar-refractivity contribution in [2.45, 2.75) is 60.0 Å². The maximum Gasteiger partial charge on any atom is 0.196 e. The molecule has 0 radical (unpaired) electrons. The smallest absolute Gasteiger partial charge is 0.196 e. The summed E-state index contributed by atoms with van der Waals surface area (Å²) in [4.78, 5) is 50.7.